The van der Waals surface area contributed by atoms with Crippen molar-refractivity contribution in [3.05, 3.63) is 163 Å². The van der Waals surface area contributed by atoms with E-state index in [2.05, 4.69) is 120 Å². The number of nitrogens with two attached hydrogens (primary N) is 2. The SMILES string of the molecule is CCc1ccc(-c2ccc(CCn3ncc4c3nc(N)n3nc(-c5ccco5)nc43)cc2)cc1.CS(=O)c1ccc(-c2ccc(CCn3ncc4c3nc(N)n3nc(-c5ccco5)nc43)cc2)cc1. The van der Waals surface area contributed by atoms with Crippen molar-refractivity contribution in [2.75, 3.05) is 17.7 Å². The first-order chi connectivity index (χ1) is 33.8. The van der Waals surface area contributed by atoms with Gasteiger partial charge in [0, 0.05) is 35.0 Å². The number of nitrogen functional groups attached to an aromatic ring is 2. The van der Waals surface area contributed by atoms with Gasteiger partial charge in [0.15, 0.2) is 34.1 Å². The van der Waals surface area contributed by atoms with Gasteiger partial charge in [-0.3, -0.25) is 4.21 Å². The zero-order chi connectivity index (χ0) is 47.0. The fraction of sp³-hybridized carbons (Fsp3) is 0.137. The molecule has 17 nitrogen and oxygen atoms in total. The van der Waals surface area contributed by atoms with Gasteiger partial charge in [-0.2, -0.15) is 29.2 Å². The third-order valence-corrected chi connectivity index (χ3v) is 13.0. The molecule has 0 bridgehead atoms. The molecule has 1 atom stereocenters. The molecule has 4 aromatic carbocycles. The zero-order valence-corrected chi connectivity index (χ0v) is 38.4. The number of fused-ring (bicyclic) bond motifs is 6. The molecule has 0 radical (unpaired) electrons. The van der Waals surface area contributed by atoms with Crippen molar-refractivity contribution < 1.29 is 13.0 Å². The minimum absolute atomic E-state index is 0.238. The molecule has 0 saturated carbocycles. The number of furan rings is 2. The topological polar surface area (TPSA) is 217 Å². The maximum atomic E-state index is 11.6. The van der Waals surface area contributed by atoms with Gasteiger partial charge < -0.3 is 20.3 Å². The molecule has 1 unspecified atom stereocenters. The summed E-state index contributed by atoms with van der Waals surface area (Å²) in [6.45, 7) is 3.49. The van der Waals surface area contributed by atoms with Gasteiger partial charge in [0.1, 0.15) is 0 Å². The number of nitrogens with zero attached hydrogens (tertiary/aromatic N) is 12. The Labute approximate surface area is 396 Å². The van der Waals surface area contributed by atoms with E-state index in [1.807, 2.05) is 39.7 Å². The van der Waals surface area contributed by atoms with Gasteiger partial charge in [-0.1, -0.05) is 91.9 Å². The fourth-order valence-corrected chi connectivity index (χ4v) is 8.75. The maximum absolute atomic E-state index is 11.6. The highest BCUT2D eigenvalue weighted by Gasteiger charge is 2.19. The van der Waals surface area contributed by atoms with Crippen LogP contribution in [-0.2, 0) is 43.2 Å². The lowest BCUT2D eigenvalue weighted by molar-refractivity contribution is 0.577. The smallest absolute Gasteiger partial charge is 0.225 e. The van der Waals surface area contributed by atoms with Crippen molar-refractivity contribution in [2.24, 2.45) is 0 Å². The lowest BCUT2D eigenvalue weighted by Crippen LogP contribution is -2.07. The predicted octanol–water partition coefficient (Wildman–Crippen LogP) is 8.75. The van der Waals surface area contributed by atoms with Crippen LogP contribution in [0.15, 0.2) is 160 Å². The second-order valence-electron chi connectivity index (χ2n) is 16.4. The molecule has 0 saturated heterocycles. The first-order valence-corrected chi connectivity index (χ1v) is 23.9. The normalized spacial score (nSPS) is 12.0. The minimum Gasteiger partial charge on any atom is -0.461 e. The number of aryl methyl sites for hydroxylation is 5. The minimum atomic E-state index is -0.975. The molecular weight excluding hydrogens is 889 g/mol. The molecule has 8 aromatic heterocycles. The lowest BCUT2D eigenvalue weighted by Gasteiger charge is -2.07. The van der Waals surface area contributed by atoms with E-state index in [1.54, 1.807) is 49.4 Å². The van der Waals surface area contributed by atoms with Crippen molar-refractivity contribution in [2.45, 2.75) is 44.2 Å². The Balaban J connectivity index is 0.000000151. The van der Waals surface area contributed by atoms with Crippen molar-refractivity contribution in [1.29, 1.82) is 0 Å². The van der Waals surface area contributed by atoms with Gasteiger partial charge in [0.2, 0.25) is 23.5 Å². The average Bonchev–Trinajstić information content (AvgIpc) is 4.25. The Morgan fingerprint density at radius 1 is 0.522 bits per heavy atom. The summed E-state index contributed by atoms with van der Waals surface area (Å²) in [5.74, 6) is 2.54. The second kappa shape index (κ2) is 18.1. The highest BCUT2D eigenvalue weighted by atomic mass is 32.2. The van der Waals surface area contributed by atoms with Crippen LogP contribution >= 0.6 is 0 Å². The Morgan fingerprint density at radius 3 is 1.30 bits per heavy atom. The molecular formula is C51H44N14O3S. The quantitative estimate of drug-likeness (QED) is 0.117. The number of rotatable bonds is 12. The molecule has 0 spiro atoms. The molecule has 0 fully saturated rings. The number of aromatic nitrogens is 12. The predicted molar refractivity (Wildman–Crippen MR) is 265 cm³/mol. The molecule has 12 aromatic rings. The summed E-state index contributed by atoms with van der Waals surface area (Å²) in [6, 6.07) is 40.8. The first kappa shape index (κ1) is 42.8. The largest absolute Gasteiger partial charge is 0.461 e. The fourth-order valence-electron chi connectivity index (χ4n) is 8.23. The van der Waals surface area contributed by atoms with E-state index in [0.29, 0.717) is 58.8 Å². The van der Waals surface area contributed by atoms with Gasteiger partial charge >= 0.3 is 0 Å². The van der Waals surface area contributed by atoms with E-state index in [-0.39, 0.29) is 11.9 Å². The summed E-state index contributed by atoms with van der Waals surface area (Å²) >= 11 is 0. The van der Waals surface area contributed by atoms with Crippen LogP contribution in [0.4, 0.5) is 11.9 Å². The Hall–Kier alpha value is -8.77. The third-order valence-electron chi connectivity index (χ3n) is 12.0. The zero-order valence-electron chi connectivity index (χ0n) is 37.5. The molecule has 0 aliphatic carbocycles. The van der Waals surface area contributed by atoms with E-state index < -0.39 is 10.8 Å². The van der Waals surface area contributed by atoms with Gasteiger partial charge in [-0.15, -0.1) is 10.2 Å². The molecule has 69 heavy (non-hydrogen) atoms. The third kappa shape index (κ3) is 8.48. The van der Waals surface area contributed by atoms with Gasteiger partial charge in [0.05, 0.1) is 35.7 Å². The molecule has 8 heterocycles. The second-order valence-corrected chi connectivity index (χ2v) is 17.7. The van der Waals surface area contributed by atoms with Crippen LogP contribution < -0.4 is 11.5 Å². The van der Waals surface area contributed by atoms with E-state index in [0.717, 1.165) is 46.1 Å². The summed E-state index contributed by atoms with van der Waals surface area (Å²) in [6.07, 6.45) is 11.0. The van der Waals surface area contributed by atoms with Crippen LogP contribution in [-0.4, -0.2) is 69.2 Å². The number of hydrogen-bond acceptors (Lipinski definition) is 13. The average molecular weight is 933 g/mol. The molecule has 4 N–H and O–H groups in total. The summed E-state index contributed by atoms with van der Waals surface area (Å²) in [7, 11) is -0.975. The van der Waals surface area contributed by atoms with E-state index >= 15 is 0 Å². The van der Waals surface area contributed by atoms with Crippen LogP contribution in [0.1, 0.15) is 23.6 Å². The Kier molecular flexibility index (Phi) is 11.3. The van der Waals surface area contributed by atoms with Crippen molar-refractivity contribution >= 4 is 56.1 Å². The van der Waals surface area contributed by atoms with Crippen molar-refractivity contribution in [1.82, 2.24) is 58.7 Å². The molecule has 0 aliphatic heterocycles. The summed E-state index contributed by atoms with van der Waals surface area (Å²) in [5, 5.41) is 19.5. The summed E-state index contributed by atoms with van der Waals surface area (Å²) in [4.78, 5) is 19.1. The summed E-state index contributed by atoms with van der Waals surface area (Å²) in [5.41, 5.74) is 23.3. The van der Waals surface area contributed by atoms with Crippen LogP contribution in [0.2, 0.25) is 0 Å². The van der Waals surface area contributed by atoms with Crippen molar-refractivity contribution in [3.8, 4) is 45.4 Å². The number of benzene rings is 4. The number of hydrogen-bond donors (Lipinski definition) is 2. The van der Waals surface area contributed by atoms with E-state index in [4.69, 9.17) is 20.3 Å². The van der Waals surface area contributed by atoms with E-state index in [1.165, 1.54) is 36.8 Å². The molecule has 12 rings (SSSR count). The molecule has 0 amide bonds. The van der Waals surface area contributed by atoms with Crippen LogP contribution in [0.3, 0.4) is 0 Å². The Morgan fingerprint density at radius 2 is 0.928 bits per heavy atom. The lowest BCUT2D eigenvalue weighted by atomic mass is 10.0. The van der Waals surface area contributed by atoms with Crippen molar-refractivity contribution in [3.63, 3.8) is 0 Å². The van der Waals surface area contributed by atoms with Gasteiger partial charge in [-0.25, -0.2) is 19.3 Å². The molecule has 0 aliphatic rings. The molecule has 18 heteroatoms. The maximum Gasteiger partial charge on any atom is 0.225 e. The van der Waals surface area contributed by atoms with Gasteiger partial charge in [0.25, 0.3) is 0 Å². The van der Waals surface area contributed by atoms with E-state index in [9.17, 15) is 4.21 Å². The highest BCUT2D eigenvalue weighted by molar-refractivity contribution is 7.84. The van der Waals surface area contributed by atoms with Crippen LogP contribution in [0.25, 0.3) is 78.8 Å². The first-order valence-electron chi connectivity index (χ1n) is 22.3. The van der Waals surface area contributed by atoms with Crippen LogP contribution in [0.5, 0.6) is 0 Å². The van der Waals surface area contributed by atoms with Crippen LogP contribution in [0, 0.1) is 0 Å². The number of anilines is 2. The monoisotopic (exact) mass is 932 g/mol. The Bertz CT molecular complexity index is 3740. The summed E-state index contributed by atoms with van der Waals surface area (Å²) < 4.78 is 29.2. The highest BCUT2D eigenvalue weighted by Crippen LogP contribution is 2.27. The molecule has 342 valence electrons. The van der Waals surface area contributed by atoms with Gasteiger partial charge in [-0.05, 0) is 94.6 Å². The standard InChI is InChI=1S/C26H23N7O.C25H21N7O2S/c1-2-17-5-9-19(10-6-17)20-11-7-18(8-12-20)13-14-32-24-21(16-28-32)25-29-23(22-4-3-15-34-22)31-33(25)26(27)30-24;1-35(33)19-10-8-18(9-11-19)17-6-4-16(5-7-17)12-13-31-23-20(15-27-31)24-28-22(21-3-2-14-34-21)30-32(24)25(26)29-23/h3-12,15-16H,2,13-14H2,1H3,(H2,27,30);2-11,14-15H,12-13H2,1H3,(H2,26,29).